The van der Waals surface area contributed by atoms with E-state index in [2.05, 4.69) is 15.5 Å². The highest BCUT2D eigenvalue weighted by atomic mass is 35.5. The summed E-state index contributed by atoms with van der Waals surface area (Å²) in [6, 6.07) is 7.94. The molecule has 1 aromatic carbocycles. The third kappa shape index (κ3) is 2.54. The minimum Gasteiger partial charge on any atom is -0.338 e. The van der Waals surface area contributed by atoms with E-state index in [9.17, 15) is 0 Å². The molecule has 0 unspecified atom stereocenters. The van der Waals surface area contributed by atoms with Crippen LogP contribution in [0.5, 0.6) is 0 Å². The van der Waals surface area contributed by atoms with Crippen LogP contribution in [0.1, 0.15) is 36.2 Å². The minimum atomic E-state index is 0.227. The molecule has 0 bridgehead atoms. The normalized spacial score (nSPS) is 19.3. The Bertz CT molecular complexity index is 535. The lowest BCUT2D eigenvalue weighted by atomic mass is 10.1. The zero-order valence-electron chi connectivity index (χ0n) is 9.90. The Morgan fingerprint density at radius 3 is 3.17 bits per heavy atom. The molecule has 2 aromatic rings. The van der Waals surface area contributed by atoms with Crippen molar-refractivity contribution in [1.82, 2.24) is 15.5 Å². The van der Waals surface area contributed by atoms with Crippen LogP contribution in [0.25, 0.3) is 0 Å². The first kappa shape index (κ1) is 11.7. The smallest absolute Gasteiger partial charge is 0.243 e. The van der Waals surface area contributed by atoms with Gasteiger partial charge in [0.05, 0.1) is 6.04 Å². The van der Waals surface area contributed by atoms with Crippen LogP contribution in [-0.4, -0.2) is 16.7 Å². The van der Waals surface area contributed by atoms with Crippen molar-refractivity contribution in [2.75, 3.05) is 6.54 Å². The number of rotatable bonds is 3. The molecule has 0 radical (unpaired) electrons. The van der Waals surface area contributed by atoms with Gasteiger partial charge < -0.3 is 9.84 Å². The van der Waals surface area contributed by atoms with Gasteiger partial charge in [-0.25, -0.2) is 0 Å². The van der Waals surface area contributed by atoms with Gasteiger partial charge in [-0.3, -0.25) is 0 Å². The SMILES string of the molecule is Clc1cccc(Cc2noc([C@@H]3CCCN3)n2)c1. The summed E-state index contributed by atoms with van der Waals surface area (Å²) in [4.78, 5) is 4.43. The summed E-state index contributed by atoms with van der Waals surface area (Å²) in [5.41, 5.74) is 1.09. The number of benzene rings is 1. The third-order valence-corrected chi connectivity index (χ3v) is 3.33. The van der Waals surface area contributed by atoms with Crippen molar-refractivity contribution in [3.05, 3.63) is 46.6 Å². The fourth-order valence-corrected chi connectivity index (χ4v) is 2.42. The molecule has 1 N–H and O–H groups in total. The van der Waals surface area contributed by atoms with Gasteiger partial charge in [0, 0.05) is 11.4 Å². The molecule has 2 heterocycles. The van der Waals surface area contributed by atoms with Crippen LogP contribution in [0.3, 0.4) is 0 Å². The summed E-state index contributed by atoms with van der Waals surface area (Å²) in [5.74, 6) is 1.41. The summed E-state index contributed by atoms with van der Waals surface area (Å²) in [6.45, 7) is 1.02. The molecule has 0 saturated carbocycles. The molecule has 1 fully saturated rings. The standard InChI is InChI=1S/C13H14ClN3O/c14-10-4-1-3-9(7-10)8-12-16-13(18-17-12)11-5-2-6-15-11/h1,3-4,7,11,15H,2,5-6,8H2/t11-/m0/s1. The van der Waals surface area contributed by atoms with E-state index in [-0.39, 0.29) is 6.04 Å². The van der Waals surface area contributed by atoms with Gasteiger partial charge in [-0.05, 0) is 37.1 Å². The van der Waals surface area contributed by atoms with Crippen molar-refractivity contribution in [3.8, 4) is 0 Å². The van der Waals surface area contributed by atoms with Crippen LogP contribution in [0.2, 0.25) is 5.02 Å². The average Bonchev–Trinajstić information content (AvgIpc) is 2.98. The molecule has 0 spiro atoms. The number of nitrogens with one attached hydrogen (secondary N) is 1. The van der Waals surface area contributed by atoms with Gasteiger partial charge in [0.15, 0.2) is 5.82 Å². The molecule has 1 aromatic heterocycles. The first-order valence-corrected chi connectivity index (χ1v) is 6.49. The molecular weight excluding hydrogens is 250 g/mol. The number of halogens is 1. The molecule has 1 aliphatic heterocycles. The zero-order valence-corrected chi connectivity index (χ0v) is 10.7. The lowest BCUT2D eigenvalue weighted by molar-refractivity contribution is 0.341. The molecule has 0 amide bonds. The van der Waals surface area contributed by atoms with Crippen molar-refractivity contribution in [2.45, 2.75) is 25.3 Å². The Morgan fingerprint density at radius 1 is 1.44 bits per heavy atom. The van der Waals surface area contributed by atoms with E-state index in [4.69, 9.17) is 16.1 Å². The molecule has 4 nitrogen and oxygen atoms in total. The molecule has 0 aliphatic carbocycles. The maximum atomic E-state index is 5.95. The van der Waals surface area contributed by atoms with Gasteiger partial charge in [-0.2, -0.15) is 4.98 Å². The highest BCUT2D eigenvalue weighted by Crippen LogP contribution is 2.22. The Morgan fingerprint density at radius 2 is 2.39 bits per heavy atom. The number of nitrogens with zero attached hydrogens (tertiary/aromatic N) is 2. The van der Waals surface area contributed by atoms with E-state index in [1.807, 2.05) is 24.3 Å². The molecule has 1 aliphatic rings. The number of aromatic nitrogens is 2. The highest BCUT2D eigenvalue weighted by molar-refractivity contribution is 6.30. The first-order chi connectivity index (χ1) is 8.81. The van der Waals surface area contributed by atoms with Crippen molar-refractivity contribution in [3.63, 3.8) is 0 Å². The van der Waals surface area contributed by atoms with Gasteiger partial charge in [-0.15, -0.1) is 0 Å². The second-order valence-corrected chi connectivity index (χ2v) is 4.94. The molecule has 94 valence electrons. The van der Waals surface area contributed by atoms with Crippen molar-refractivity contribution < 1.29 is 4.52 Å². The van der Waals surface area contributed by atoms with E-state index >= 15 is 0 Å². The van der Waals surface area contributed by atoms with Crippen LogP contribution in [0.15, 0.2) is 28.8 Å². The predicted molar refractivity (Wildman–Crippen MR) is 68.5 cm³/mol. The predicted octanol–water partition coefficient (Wildman–Crippen LogP) is 2.74. The van der Waals surface area contributed by atoms with Crippen LogP contribution < -0.4 is 5.32 Å². The van der Waals surface area contributed by atoms with Gasteiger partial charge >= 0.3 is 0 Å². The highest BCUT2D eigenvalue weighted by Gasteiger charge is 2.22. The van der Waals surface area contributed by atoms with Crippen molar-refractivity contribution >= 4 is 11.6 Å². The van der Waals surface area contributed by atoms with Crippen LogP contribution in [-0.2, 0) is 6.42 Å². The fourth-order valence-electron chi connectivity index (χ4n) is 2.21. The molecule has 1 saturated heterocycles. The van der Waals surface area contributed by atoms with E-state index in [1.54, 1.807) is 0 Å². The largest absolute Gasteiger partial charge is 0.338 e. The topological polar surface area (TPSA) is 51.0 Å². The van der Waals surface area contributed by atoms with Gasteiger partial charge in [0.25, 0.3) is 0 Å². The fraction of sp³-hybridized carbons (Fsp3) is 0.385. The van der Waals surface area contributed by atoms with Crippen molar-refractivity contribution in [1.29, 1.82) is 0 Å². The molecule has 18 heavy (non-hydrogen) atoms. The van der Waals surface area contributed by atoms with E-state index in [0.29, 0.717) is 18.1 Å². The van der Waals surface area contributed by atoms with Crippen LogP contribution in [0, 0.1) is 0 Å². The average molecular weight is 264 g/mol. The summed E-state index contributed by atoms with van der Waals surface area (Å²) >= 11 is 5.95. The Labute approximate surface area is 110 Å². The lowest BCUT2D eigenvalue weighted by Crippen LogP contribution is -2.13. The minimum absolute atomic E-state index is 0.227. The first-order valence-electron chi connectivity index (χ1n) is 6.11. The summed E-state index contributed by atoms with van der Waals surface area (Å²) in [6.07, 6.45) is 2.88. The van der Waals surface area contributed by atoms with Gasteiger partial charge in [0.1, 0.15) is 0 Å². The Hall–Kier alpha value is -1.39. The third-order valence-electron chi connectivity index (χ3n) is 3.09. The maximum Gasteiger partial charge on any atom is 0.243 e. The second kappa shape index (κ2) is 5.08. The second-order valence-electron chi connectivity index (χ2n) is 4.50. The number of hydrogen-bond donors (Lipinski definition) is 1. The number of hydrogen-bond acceptors (Lipinski definition) is 4. The Balaban J connectivity index is 1.73. The van der Waals surface area contributed by atoms with Crippen molar-refractivity contribution in [2.24, 2.45) is 0 Å². The van der Waals surface area contributed by atoms with Gasteiger partial charge in [0.2, 0.25) is 5.89 Å². The lowest BCUT2D eigenvalue weighted by Gasteiger charge is -2.01. The van der Waals surface area contributed by atoms with Gasteiger partial charge in [-0.1, -0.05) is 28.9 Å². The van der Waals surface area contributed by atoms with E-state index in [1.165, 1.54) is 0 Å². The molecular formula is C13H14ClN3O. The van der Waals surface area contributed by atoms with E-state index in [0.717, 1.165) is 30.0 Å². The summed E-state index contributed by atoms with van der Waals surface area (Å²) in [7, 11) is 0. The summed E-state index contributed by atoms with van der Waals surface area (Å²) < 4.78 is 5.29. The molecule has 3 rings (SSSR count). The Kier molecular flexibility index (Phi) is 3.30. The quantitative estimate of drug-likeness (QED) is 0.925. The molecule has 5 heteroatoms. The molecule has 1 atom stereocenters. The summed E-state index contributed by atoms with van der Waals surface area (Å²) in [5, 5.41) is 8.09. The van der Waals surface area contributed by atoms with E-state index < -0.39 is 0 Å². The van der Waals surface area contributed by atoms with Crippen LogP contribution >= 0.6 is 11.6 Å². The maximum absolute atomic E-state index is 5.95. The zero-order chi connectivity index (χ0) is 12.4. The monoisotopic (exact) mass is 263 g/mol. The van der Waals surface area contributed by atoms with Crippen LogP contribution in [0.4, 0.5) is 0 Å².